The second-order valence-electron chi connectivity index (χ2n) is 3.71. The van der Waals surface area contributed by atoms with Gasteiger partial charge in [0.1, 0.15) is 5.75 Å². The highest BCUT2D eigenvalue weighted by atomic mass is 16.3. The number of aromatic hydroxyl groups is 1. The van der Waals surface area contributed by atoms with Crippen molar-refractivity contribution in [1.29, 1.82) is 0 Å². The van der Waals surface area contributed by atoms with Gasteiger partial charge in [-0.15, -0.1) is 0 Å². The average Bonchev–Trinajstić information content (AvgIpc) is 2.09. The molecule has 1 aromatic carbocycles. The van der Waals surface area contributed by atoms with Gasteiger partial charge in [0.05, 0.1) is 12.1 Å². The highest BCUT2D eigenvalue weighted by molar-refractivity contribution is 5.47. The van der Waals surface area contributed by atoms with E-state index >= 15 is 0 Å². The summed E-state index contributed by atoms with van der Waals surface area (Å²) in [5.41, 5.74) is 0.550. The first-order chi connectivity index (χ1) is 6.03. The van der Waals surface area contributed by atoms with Gasteiger partial charge in [0.2, 0.25) is 0 Å². The van der Waals surface area contributed by atoms with Crippen LogP contribution in [0.4, 0.5) is 5.69 Å². The maximum atomic E-state index is 9.04. The molecule has 3 heteroatoms. The minimum Gasteiger partial charge on any atom is -0.508 e. The smallest absolute Gasteiger partial charge is 0.115 e. The number of nitrogens with one attached hydrogen (secondary N) is 1. The van der Waals surface area contributed by atoms with E-state index in [1.54, 1.807) is 24.3 Å². The molecule has 0 unspecified atom stereocenters. The molecule has 0 aromatic heterocycles. The molecule has 0 saturated heterocycles. The Hall–Kier alpha value is -1.22. The van der Waals surface area contributed by atoms with Gasteiger partial charge in [-0.25, -0.2) is 0 Å². The molecule has 3 N–H and O–H groups in total. The van der Waals surface area contributed by atoms with Gasteiger partial charge >= 0.3 is 0 Å². The first-order valence-corrected chi connectivity index (χ1v) is 4.21. The van der Waals surface area contributed by atoms with E-state index in [0.29, 0.717) is 0 Å². The molecule has 0 saturated carbocycles. The van der Waals surface area contributed by atoms with Crippen LogP contribution >= 0.6 is 0 Å². The minimum absolute atomic E-state index is 0.0634. The van der Waals surface area contributed by atoms with E-state index in [9.17, 15) is 0 Å². The van der Waals surface area contributed by atoms with E-state index in [1.165, 1.54) is 0 Å². The maximum absolute atomic E-state index is 9.04. The van der Waals surface area contributed by atoms with Crippen molar-refractivity contribution < 1.29 is 10.2 Å². The zero-order chi connectivity index (χ0) is 9.90. The Morgan fingerprint density at radius 3 is 2.23 bits per heavy atom. The number of rotatable bonds is 3. The number of anilines is 1. The number of benzene rings is 1. The van der Waals surface area contributed by atoms with Gasteiger partial charge < -0.3 is 15.5 Å². The van der Waals surface area contributed by atoms with Crippen LogP contribution in [0, 0.1) is 0 Å². The fraction of sp³-hybridized carbons (Fsp3) is 0.400. The normalized spacial score (nSPS) is 11.3. The molecule has 0 atom stereocenters. The number of aliphatic hydroxyl groups excluding tert-OH is 1. The molecular weight excluding hydrogens is 166 g/mol. The van der Waals surface area contributed by atoms with Crippen LogP contribution in [-0.4, -0.2) is 22.4 Å². The Balaban J connectivity index is 2.69. The van der Waals surface area contributed by atoms with Crippen LogP contribution in [0.25, 0.3) is 0 Å². The summed E-state index contributed by atoms with van der Waals surface area (Å²) in [5.74, 6) is 0.243. The SMILES string of the molecule is CC(C)(CO)Nc1ccc(O)cc1. The minimum atomic E-state index is -0.336. The Kier molecular flexibility index (Phi) is 2.78. The lowest BCUT2D eigenvalue weighted by atomic mass is 10.1. The van der Waals surface area contributed by atoms with Gasteiger partial charge in [0.15, 0.2) is 0 Å². The molecule has 0 radical (unpaired) electrons. The van der Waals surface area contributed by atoms with Crippen molar-refractivity contribution in [1.82, 2.24) is 0 Å². The van der Waals surface area contributed by atoms with Crippen molar-refractivity contribution in [3.05, 3.63) is 24.3 Å². The van der Waals surface area contributed by atoms with Crippen molar-refractivity contribution in [2.45, 2.75) is 19.4 Å². The molecule has 3 nitrogen and oxygen atoms in total. The van der Waals surface area contributed by atoms with E-state index in [2.05, 4.69) is 5.32 Å². The van der Waals surface area contributed by atoms with Gasteiger partial charge in [-0.3, -0.25) is 0 Å². The molecule has 0 spiro atoms. The van der Waals surface area contributed by atoms with Crippen molar-refractivity contribution in [3.63, 3.8) is 0 Å². The molecule has 0 bridgehead atoms. The monoisotopic (exact) mass is 181 g/mol. The molecule has 0 aliphatic carbocycles. The topological polar surface area (TPSA) is 52.5 Å². The summed E-state index contributed by atoms with van der Waals surface area (Å²) < 4.78 is 0. The van der Waals surface area contributed by atoms with Crippen LogP contribution in [0.3, 0.4) is 0 Å². The fourth-order valence-corrected chi connectivity index (χ4v) is 0.975. The Morgan fingerprint density at radius 2 is 1.77 bits per heavy atom. The molecule has 0 fully saturated rings. The van der Waals surface area contributed by atoms with Crippen LogP contribution in [0.1, 0.15) is 13.8 Å². The van der Waals surface area contributed by atoms with Crippen LogP contribution in [0.2, 0.25) is 0 Å². The quantitative estimate of drug-likeness (QED) is 0.620. The Morgan fingerprint density at radius 1 is 1.23 bits per heavy atom. The molecule has 13 heavy (non-hydrogen) atoms. The summed E-state index contributed by atoms with van der Waals surface area (Å²) in [6.45, 7) is 3.87. The number of phenols is 1. The molecule has 72 valence electrons. The summed E-state index contributed by atoms with van der Waals surface area (Å²) in [7, 11) is 0. The predicted octanol–water partition coefficient (Wildman–Crippen LogP) is 1.57. The molecule has 1 rings (SSSR count). The molecule has 0 aliphatic heterocycles. The van der Waals surface area contributed by atoms with E-state index in [1.807, 2.05) is 13.8 Å². The molecule has 0 amide bonds. The first-order valence-electron chi connectivity index (χ1n) is 4.21. The lowest BCUT2D eigenvalue weighted by molar-refractivity contribution is 0.234. The highest BCUT2D eigenvalue weighted by Crippen LogP contribution is 2.17. The lowest BCUT2D eigenvalue weighted by Crippen LogP contribution is -2.34. The fourth-order valence-electron chi connectivity index (χ4n) is 0.975. The third-order valence-electron chi connectivity index (χ3n) is 1.75. The molecule has 0 heterocycles. The van der Waals surface area contributed by atoms with E-state index in [0.717, 1.165) is 5.69 Å². The van der Waals surface area contributed by atoms with Crippen molar-refractivity contribution in [3.8, 4) is 5.75 Å². The molecule has 1 aromatic rings. The number of hydrogen-bond donors (Lipinski definition) is 3. The van der Waals surface area contributed by atoms with Crippen molar-refractivity contribution in [2.75, 3.05) is 11.9 Å². The van der Waals surface area contributed by atoms with E-state index in [4.69, 9.17) is 10.2 Å². The summed E-state index contributed by atoms with van der Waals surface area (Å²) in [6.07, 6.45) is 0. The lowest BCUT2D eigenvalue weighted by Gasteiger charge is -2.24. The van der Waals surface area contributed by atoms with E-state index in [-0.39, 0.29) is 17.9 Å². The zero-order valence-corrected chi connectivity index (χ0v) is 7.91. The number of phenolic OH excluding ortho intramolecular Hbond substituents is 1. The number of hydrogen-bond acceptors (Lipinski definition) is 3. The van der Waals surface area contributed by atoms with Gasteiger partial charge in [0, 0.05) is 5.69 Å². The average molecular weight is 181 g/mol. The van der Waals surface area contributed by atoms with Crippen molar-refractivity contribution in [2.24, 2.45) is 0 Å². The van der Waals surface area contributed by atoms with Gasteiger partial charge in [0.25, 0.3) is 0 Å². The van der Waals surface area contributed by atoms with Gasteiger partial charge in [-0.2, -0.15) is 0 Å². The summed E-state index contributed by atoms with van der Waals surface area (Å²) >= 11 is 0. The van der Waals surface area contributed by atoms with Crippen LogP contribution < -0.4 is 5.32 Å². The largest absolute Gasteiger partial charge is 0.508 e. The summed E-state index contributed by atoms with van der Waals surface area (Å²) in [6, 6.07) is 6.76. The predicted molar refractivity (Wildman–Crippen MR) is 52.9 cm³/mol. The molecule has 0 aliphatic rings. The van der Waals surface area contributed by atoms with Crippen LogP contribution in [0.15, 0.2) is 24.3 Å². The van der Waals surface area contributed by atoms with Gasteiger partial charge in [-0.1, -0.05) is 0 Å². The summed E-state index contributed by atoms with van der Waals surface area (Å²) in [5, 5.41) is 21.2. The van der Waals surface area contributed by atoms with Gasteiger partial charge in [-0.05, 0) is 38.1 Å². The van der Waals surface area contributed by atoms with E-state index < -0.39 is 0 Å². The zero-order valence-electron chi connectivity index (χ0n) is 7.91. The second-order valence-corrected chi connectivity index (χ2v) is 3.71. The number of aliphatic hydroxyl groups is 1. The Bertz CT molecular complexity index is 267. The maximum Gasteiger partial charge on any atom is 0.115 e. The highest BCUT2D eigenvalue weighted by Gasteiger charge is 2.14. The summed E-state index contributed by atoms with van der Waals surface area (Å²) in [4.78, 5) is 0. The third-order valence-corrected chi connectivity index (χ3v) is 1.75. The first kappa shape index (κ1) is 9.86. The van der Waals surface area contributed by atoms with Crippen LogP contribution in [0.5, 0.6) is 5.75 Å². The molecular formula is C10H15NO2. The second kappa shape index (κ2) is 3.66. The van der Waals surface area contributed by atoms with Crippen LogP contribution in [-0.2, 0) is 0 Å². The van der Waals surface area contributed by atoms with Crippen molar-refractivity contribution >= 4 is 5.69 Å². The standard InChI is InChI=1S/C10H15NO2/c1-10(2,7-12)11-8-3-5-9(13)6-4-8/h3-6,11-13H,7H2,1-2H3. The Labute approximate surface area is 78.0 Å². The third kappa shape index (κ3) is 2.95.